The summed E-state index contributed by atoms with van der Waals surface area (Å²) in [6.45, 7) is 3.80. The molecule has 0 aromatic heterocycles. The quantitative estimate of drug-likeness (QED) is 0.572. The summed E-state index contributed by atoms with van der Waals surface area (Å²) in [4.78, 5) is 11.2. The van der Waals surface area contributed by atoms with Crippen LogP contribution in [0.5, 0.6) is 11.5 Å². The summed E-state index contributed by atoms with van der Waals surface area (Å²) < 4.78 is 16.4. The molecule has 0 bridgehead atoms. The van der Waals surface area contributed by atoms with Gasteiger partial charge in [0.15, 0.2) is 18.3 Å². The Kier molecular flexibility index (Phi) is 6.42. The number of carboxylic acid groups (broad SMARTS) is 1. The molecule has 0 heterocycles. The lowest BCUT2D eigenvalue weighted by atomic mass is 9.95. The van der Waals surface area contributed by atoms with Gasteiger partial charge >= 0.3 is 5.97 Å². The predicted molar refractivity (Wildman–Crippen MR) is 98.3 cm³/mol. The number of carboxylic acids is 1. The van der Waals surface area contributed by atoms with Gasteiger partial charge < -0.3 is 19.3 Å². The number of aliphatic carboxylic acids is 1. The molecule has 25 heavy (non-hydrogen) atoms. The third kappa shape index (κ3) is 4.12. The topological polar surface area (TPSA) is 65.0 Å². The first-order valence-corrected chi connectivity index (χ1v) is 8.19. The van der Waals surface area contributed by atoms with Crippen molar-refractivity contribution in [1.29, 1.82) is 0 Å². The van der Waals surface area contributed by atoms with Gasteiger partial charge in [0.1, 0.15) is 0 Å². The minimum atomic E-state index is -0.948. The van der Waals surface area contributed by atoms with E-state index >= 15 is 0 Å². The van der Waals surface area contributed by atoms with E-state index in [9.17, 15) is 9.90 Å². The molecule has 0 saturated carbocycles. The van der Waals surface area contributed by atoms with Crippen LogP contribution in [0.15, 0.2) is 29.8 Å². The summed E-state index contributed by atoms with van der Waals surface area (Å²) in [5.74, 6) is 0.225. The Morgan fingerprint density at radius 2 is 2.04 bits per heavy atom. The van der Waals surface area contributed by atoms with Crippen LogP contribution in [0, 0.1) is 0 Å². The number of carbonyl (C=O) groups is 1. The first-order valence-electron chi connectivity index (χ1n) is 8.19. The number of hydrogen-bond donors (Lipinski definition) is 1. The standard InChI is InChI=1S/C20H24O5/c1-5-7-14-8-6-9-16-15(10-13(2)20(21)22)11-17(24-4)19(18(14)16)25-12-23-3/h6,8-11H,5,7,12H2,1-4H3,(H,21,22). The van der Waals surface area contributed by atoms with E-state index in [1.54, 1.807) is 33.3 Å². The number of aryl methyl sites for hydroxylation is 1. The zero-order valence-electron chi connectivity index (χ0n) is 15.1. The largest absolute Gasteiger partial charge is 0.493 e. The third-order valence-corrected chi connectivity index (χ3v) is 3.97. The fraction of sp³-hybridized carbons (Fsp3) is 0.350. The van der Waals surface area contributed by atoms with Crippen LogP contribution in [0.25, 0.3) is 16.8 Å². The molecule has 0 aliphatic rings. The van der Waals surface area contributed by atoms with Crippen LogP contribution in [-0.2, 0) is 16.0 Å². The van der Waals surface area contributed by atoms with Crippen molar-refractivity contribution < 1.29 is 24.1 Å². The van der Waals surface area contributed by atoms with E-state index in [0.717, 1.165) is 34.7 Å². The lowest BCUT2D eigenvalue weighted by Crippen LogP contribution is -2.04. The molecule has 0 radical (unpaired) electrons. The molecular weight excluding hydrogens is 320 g/mol. The average molecular weight is 344 g/mol. The van der Waals surface area contributed by atoms with E-state index in [1.807, 2.05) is 12.1 Å². The Bertz CT molecular complexity index is 792. The lowest BCUT2D eigenvalue weighted by Gasteiger charge is -2.17. The van der Waals surface area contributed by atoms with E-state index in [-0.39, 0.29) is 12.4 Å². The molecule has 134 valence electrons. The van der Waals surface area contributed by atoms with Crippen molar-refractivity contribution in [1.82, 2.24) is 0 Å². The molecule has 0 atom stereocenters. The zero-order chi connectivity index (χ0) is 18.4. The Balaban J connectivity index is 2.82. The maximum Gasteiger partial charge on any atom is 0.331 e. The molecule has 2 aromatic carbocycles. The van der Waals surface area contributed by atoms with Gasteiger partial charge in [-0.3, -0.25) is 0 Å². The minimum Gasteiger partial charge on any atom is -0.493 e. The van der Waals surface area contributed by atoms with Crippen LogP contribution in [0.3, 0.4) is 0 Å². The van der Waals surface area contributed by atoms with Gasteiger partial charge in [0, 0.05) is 18.1 Å². The number of rotatable bonds is 8. The maximum absolute atomic E-state index is 11.2. The van der Waals surface area contributed by atoms with E-state index in [1.165, 1.54) is 0 Å². The van der Waals surface area contributed by atoms with Crippen LogP contribution in [0.1, 0.15) is 31.4 Å². The summed E-state index contributed by atoms with van der Waals surface area (Å²) >= 11 is 0. The average Bonchev–Trinajstić information content (AvgIpc) is 2.60. The number of methoxy groups -OCH3 is 2. The fourth-order valence-electron chi connectivity index (χ4n) is 2.82. The van der Waals surface area contributed by atoms with Gasteiger partial charge in [-0.15, -0.1) is 0 Å². The molecule has 0 amide bonds. The summed E-state index contributed by atoms with van der Waals surface area (Å²) in [5, 5.41) is 11.1. The summed E-state index contributed by atoms with van der Waals surface area (Å²) in [6.07, 6.45) is 3.53. The summed E-state index contributed by atoms with van der Waals surface area (Å²) in [6, 6.07) is 7.81. The van der Waals surface area contributed by atoms with Gasteiger partial charge in [-0.25, -0.2) is 4.79 Å². The Morgan fingerprint density at radius 1 is 1.28 bits per heavy atom. The lowest BCUT2D eigenvalue weighted by molar-refractivity contribution is -0.132. The Labute approximate surface area is 147 Å². The number of hydrogen-bond acceptors (Lipinski definition) is 4. The van der Waals surface area contributed by atoms with Crippen molar-refractivity contribution in [3.63, 3.8) is 0 Å². The molecule has 0 saturated heterocycles. The minimum absolute atomic E-state index is 0.106. The first kappa shape index (κ1) is 18.8. The molecule has 5 heteroatoms. The van der Waals surface area contributed by atoms with E-state index in [2.05, 4.69) is 13.0 Å². The van der Waals surface area contributed by atoms with E-state index in [0.29, 0.717) is 11.5 Å². The molecule has 5 nitrogen and oxygen atoms in total. The molecule has 0 aliphatic carbocycles. The van der Waals surface area contributed by atoms with Gasteiger partial charge in [0.25, 0.3) is 0 Å². The van der Waals surface area contributed by atoms with Crippen LogP contribution in [-0.4, -0.2) is 32.1 Å². The summed E-state index contributed by atoms with van der Waals surface area (Å²) in [5.41, 5.74) is 2.18. The molecule has 0 fully saturated rings. The third-order valence-electron chi connectivity index (χ3n) is 3.97. The van der Waals surface area contributed by atoms with Crippen LogP contribution in [0.4, 0.5) is 0 Å². The molecule has 2 rings (SSSR count). The molecular formula is C20H24O5. The molecule has 2 aromatic rings. The number of fused-ring (bicyclic) bond motifs is 1. The number of benzene rings is 2. The second-order valence-corrected chi connectivity index (χ2v) is 5.77. The van der Waals surface area contributed by atoms with Crippen molar-refractivity contribution in [2.75, 3.05) is 21.0 Å². The molecule has 0 aliphatic heterocycles. The highest BCUT2D eigenvalue weighted by Crippen LogP contribution is 2.41. The predicted octanol–water partition coefficient (Wildman–Crippen LogP) is 4.27. The monoisotopic (exact) mass is 344 g/mol. The second kappa shape index (κ2) is 8.53. The van der Waals surface area contributed by atoms with Gasteiger partial charge in [0.2, 0.25) is 0 Å². The highest BCUT2D eigenvalue weighted by atomic mass is 16.7. The highest BCUT2D eigenvalue weighted by Gasteiger charge is 2.17. The van der Waals surface area contributed by atoms with Crippen molar-refractivity contribution >= 4 is 22.8 Å². The van der Waals surface area contributed by atoms with Crippen LogP contribution >= 0.6 is 0 Å². The van der Waals surface area contributed by atoms with Gasteiger partial charge in [0.05, 0.1) is 7.11 Å². The van der Waals surface area contributed by atoms with Crippen LogP contribution < -0.4 is 9.47 Å². The highest BCUT2D eigenvalue weighted by molar-refractivity contribution is 6.02. The second-order valence-electron chi connectivity index (χ2n) is 5.77. The van der Waals surface area contributed by atoms with Crippen molar-refractivity contribution in [2.24, 2.45) is 0 Å². The van der Waals surface area contributed by atoms with E-state index < -0.39 is 5.97 Å². The van der Waals surface area contributed by atoms with Crippen molar-refractivity contribution in [3.05, 3.63) is 41.0 Å². The molecule has 0 spiro atoms. The summed E-state index contributed by atoms with van der Waals surface area (Å²) in [7, 11) is 3.13. The van der Waals surface area contributed by atoms with E-state index in [4.69, 9.17) is 14.2 Å². The van der Waals surface area contributed by atoms with Gasteiger partial charge in [-0.05, 0) is 42.0 Å². The fourth-order valence-corrected chi connectivity index (χ4v) is 2.82. The first-order chi connectivity index (χ1) is 12.0. The smallest absolute Gasteiger partial charge is 0.331 e. The van der Waals surface area contributed by atoms with Crippen molar-refractivity contribution in [3.8, 4) is 11.5 Å². The molecule has 0 unspecified atom stereocenters. The number of ether oxygens (including phenoxy) is 3. The molecule has 1 N–H and O–H groups in total. The van der Waals surface area contributed by atoms with Crippen LogP contribution in [0.2, 0.25) is 0 Å². The Morgan fingerprint density at radius 3 is 2.64 bits per heavy atom. The SMILES string of the molecule is CCCc1cccc2c(C=C(C)C(=O)O)cc(OC)c(OCOC)c12. The van der Waals surface area contributed by atoms with Crippen molar-refractivity contribution in [2.45, 2.75) is 26.7 Å². The Hall–Kier alpha value is -2.53. The normalized spacial score (nSPS) is 11.6. The van der Waals surface area contributed by atoms with Gasteiger partial charge in [-0.1, -0.05) is 31.5 Å². The maximum atomic E-state index is 11.2. The zero-order valence-corrected chi connectivity index (χ0v) is 15.1. The van der Waals surface area contributed by atoms with Gasteiger partial charge in [-0.2, -0.15) is 0 Å².